The maximum Gasteiger partial charge on any atom is 0.0928 e. The molecule has 2 atom stereocenters. The van der Waals surface area contributed by atoms with Crippen LogP contribution in [0.1, 0.15) is 19.4 Å². The van der Waals surface area contributed by atoms with Gasteiger partial charge >= 0.3 is 0 Å². The van der Waals surface area contributed by atoms with E-state index in [-0.39, 0.29) is 5.92 Å². The van der Waals surface area contributed by atoms with E-state index in [1.807, 2.05) is 19.1 Å². The topological polar surface area (TPSA) is 20.2 Å². The van der Waals surface area contributed by atoms with Crippen LogP contribution in [0, 0.1) is 5.92 Å². The monoisotopic (exact) mass is 210 g/mol. The van der Waals surface area contributed by atoms with Gasteiger partial charge in [-0.2, -0.15) is 0 Å². The van der Waals surface area contributed by atoms with Crippen LogP contribution < -0.4 is 0 Å². The fraction of sp³-hybridized carbons (Fsp3) is 0.333. The Kier molecular flexibility index (Phi) is 3.35. The second kappa shape index (κ2) is 4.16. The lowest BCUT2D eigenvalue weighted by molar-refractivity contribution is 0.0205. The van der Waals surface area contributed by atoms with Gasteiger partial charge in [0.2, 0.25) is 0 Å². The molecule has 0 fully saturated rings. The molecular weight excluding hydrogens is 196 g/mol. The molecule has 0 radical (unpaired) electrons. The van der Waals surface area contributed by atoms with Gasteiger partial charge in [0.25, 0.3) is 0 Å². The molecule has 2 heteroatoms. The van der Waals surface area contributed by atoms with E-state index in [1.165, 1.54) is 0 Å². The SMILES string of the molecule is C=C[C@H](C)[C@](C)(O)c1ccc(Cl)cc1. The molecule has 76 valence electrons. The smallest absolute Gasteiger partial charge is 0.0928 e. The Labute approximate surface area is 90.0 Å². The Balaban J connectivity index is 3.03. The van der Waals surface area contributed by atoms with Gasteiger partial charge in [-0.15, -0.1) is 6.58 Å². The van der Waals surface area contributed by atoms with E-state index in [4.69, 9.17) is 11.6 Å². The number of benzene rings is 1. The predicted molar refractivity (Wildman–Crippen MR) is 60.4 cm³/mol. The van der Waals surface area contributed by atoms with Crippen molar-refractivity contribution in [3.63, 3.8) is 0 Å². The summed E-state index contributed by atoms with van der Waals surface area (Å²) in [5.74, 6) is 0.00340. The zero-order chi connectivity index (χ0) is 10.8. The van der Waals surface area contributed by atoms with Gasteiger partial charge in [0, 0.05) is 10.9 Å². The van der Waals surface area contributed by atoms with E-state index in [0.717, 1.165) is 5.56 Å². The summed E-state index contributed by atoms with van der Waals surface area (Å²) in [6, 6.07) is 7.23. The summed E-state index contributed by atoms with van der Waals surface area (Å²) in [6.07, 6.45) is 1.74. The van der Waals surface area contributed by atoms with Gasteiger partial charge < -0.3 is 5.11 Å². The summed E-state index contributed by atoms with van der Waals surface area (Å²) < 4.78 is 0. The van der Waals surface area contributed by atoms with E-state index < -0.39 is 5.60 Å². The summed E-state index contributed by atoms with van der Waals surface area (Å²) in [4.78, 5) is 0. The normalized spacial score (nSPS) is 17.1. The third-order valence-electron chi connectivity index (χ3n) is 2.67. The van der Waals surface area contributed by atoms with Crippen LogP contribution in [0.25, 0.3) is 0 Å². The molecule has 0 saturated carbocycles. The average molecular weight is 211 g/mol. The Morgan fingerprint density at radius 1 is 1.43 bits per heavy atom. The van der Waals surface area contributed by atoms with Crippen LogP contribution in [0.2, 0.25) is 5.02 Å². The van der Waals surface area contributed by atoms with Crippen molar-refractivity contribution in [2.45, 2.75) is 19.4 Å². The predicted octanol–water partition coefficient (Wildman–Crippen LogP) is 3.37. The first-order valence-corrected chi connectivity index (χ1v) is 4.97. The summed E-state index contributed by atoms with van der Waals surface area (Å²) in [6.45, 7) is 7.40. The number of hydrogen-bond acceptors (Lipinski definition) is 1. The molecule has 1 rings (SSSR count). The zero-order valence-electron chi connectivity index (χ0n) is 8.50. The molecule has 0 amide bonds. The van der Waals surface area contributed by atoms with Gasteiger partial charge in [-0.05, 0) is 24.6 Å². The van der Waals surface area contributed by atoms with Crippen molar-refractivity contribution in [2.24, 2.45) is 5.92 Å². The molecule has 1 N–H and O–H groups in total. The van der Waals surface area contributed by atoms with Crippen LogP contribution in [0.5, 0.6) is 0 Å². The molecule has 1 aromatic carbocycles. The molecular formula is C12H15ClO. The molecule has 14 heavy (non-hydrogen) atoms. The van der Waals surface area contributed by atoms with Gasteiger partial charge in [0.1, 0.15) is 0 Å². The van der Waals surface area contributed by atoms with Crippen molar-refractivity contribution in [2.75, 3.05) is 0 Å². The minimum Gasteiger partial charge on any atom is -0.385 e. The fourth-order valence-electron chi connectivity index (χ4n) is 1.28. The van der Waals surface area contributed by atoms with E-state index >= 15 is 0 Å². The van der Waals surface area contributed by atoms with E-state index in [1.54, 1.807) is 25.1 Å². The molecule has 0 spiro atoms. The Morgan fingerprint density at radius 3 is 2.36 bits per heavy atom. The molecule has 0 bridgehead atoms. The lowest BCUT2D eigenvalue weighted by Crippen LogP contribution is -2.28. The van der Waals surface area contributed by atoms with Gasteiger partial charge in [0.05, 0.1) is 5.60 Å². The molecule has 0 saturated heterocycles. The maximum atomic E-state index is 10.2. The van der Waals surface area contributed by atoms with Crippen molar-refractivity contribution in [1.29, 1.82) is 0 Å². The van der Waals surface area contributed by atoms with Crippen molar-refractivity contribution in [3.05, 3.63) is 47.5 Å². The second-order valence-corrected chi connectivity index (χ2v) is 4.12. The highest BCUT2D eigenvalue weighted by Crippen LogP contribution is 2.30. The zero-order valence-corrected chi connectivity index (χ0v) is 9.25. The number of halogens is 1. The molecule has 0 unspecified atom stereocenters. The van der Waals surface area contributed by atoms with Gasteiger partial charge in [-0.1, -0.05) is 36.7 Å². The third-order valence-corrected chi connectivity index (χ3v) is 2.92. The number of aliphatic hydroxyl groups is 1. The summed E-state index contributed by atoms with van der Waals surface area (Å²) in [5, 5.41) is 10.9. The molecule has 1 nitrogen and oxygen atoms in total. The maximum absolute atomic E-state index is 10.2. The first-order chi connectivity index (χ1) is 6.48. The minimum atomic E-state index is -0.883. The fourth-order valence-corrected chi connectivity index (χ4v) is 1.41. The summed E-state index contributed by atoms with van der Waals surface area (Å²) >= 11 is 5.77. The van der Waals surface area contributed by atoms with Gasteiger partial charge in [-0.25, -0.2) is 0 Å². The Hall–Kier alpha value is -0.790. The van der Waals surface area contributed by atoms with Crippen molar-refractivity contribution in [3.8, 4) is 0 Å². The minimum absolute atomic E-state index is 0.00340. The van der Waals surface area contributed by atoms with Crippen molar-refractivity contribution in [1.82, 2.24) is 0 Å². The summed E-state index contributed by atoms with van der Waals surface area (Å²) in [7, 11) is 0. The second-order valence-electron chi connectivity index (χ2n) is 3.68. The van der Waals surface area contributed by atoms with Gasteiger partial charge in [0.15, 0.2) is 0 Å². The van der Waals surface area contributed by atoms with Crippen LogP contribution in [0.3, 0.4) is 0 Å². The van der Waals surface area contributed by atoms with E-state index in [2.05, 4.69) is 6.58 Å². The highest BCUT2D eigenvalue weighted by atomic mass is 35.5. The van der Waals surface area contributed by atoms with Gasteiger partial charge in [-0.3, -0.25) is 0 Å². The first kappa shape index (κ1) is 11.3. The quantitative estimate of drug-likeness (QED) is 0.759. The first-order valence-electron chi connectivity index (χ1n) is 4.59. The molecule has 0 aliphatic rings. The van der Waals surface area contributed by atoms with E-state index in [0.29, 0.717) is 5.02 Å². The van der Waals surface area contributed by atoms with E-state index in [9.17, 15) is 5.11 Å². The third kappa shape index (κ3) is 2.17. The summed E-state index contributed by atoms with van der Waals surface area (Å²) in [5.41, 5.74) is -0.0268. The lowest BCUT2D eigenvalue weighted by Gasteiger charge is -2.28. The standard InChI is InChI=1S/C12H15ClO/c1-4-9(2)12(3,14)10-5-7-11(13)8-6-10/h4-9,14H,1H2,2-3H3/t9-,12-/m0/s1. The molecule has 0 aliphatic heterocycles. The van der Waals surface area contributed by atoms with Crippen LogP contribution >= 0.6 is 11.6 Å². The molecule has 0 heterocycles. The largest absolute Gasteiger partial charge is 0.385 e. The highest BCUT2D eigenvalue weighted by molar-refractivity contribution is 6.30. The number of rotatable bonds is 3. The van der Waals surface area contributed by atoms with Crippen molar-refractivity contribution >= 4 is 11.6 Å². The van der Waals surface area contributed by atoms with Crippen LogP contribution in [0.15, 0.2) is 36.9 Å². The Morgan fingerprint density at radius 2 is 1.93 bits per heavy atom. The molecule has 1 aromatic rings. The van der Waals surface area contributed by atoms with Crippen molar-refractivity contribution < 1.29 is 5.11 Å². The lowest BCUT2D eigenvalue weighted by atomic mass is 9.84. The number of hydrogen-bond donors (Lipinski definition) is 1. The average Bonchev–Trinajstić information content (AvgIpc) is 2.17. The van der Waals surface area contributed by atoms with Crippen LogP contribution in [0.4, 0.5) is 0 Å². The molecule has 0 aromatic heterocycles. The molecule has 0 aliphatic carbocycles. The highest BCUT2D eigenvalue weighted by Gasteiger charge is 2.27. The Bertz CT molecular complexity index is 314. The van der Waals surface area contributed by atoms with Crippen LogP contribution in [-0.4, -0.2) is 5.11 Å². The van der Waals surface area contributed by atoms with Crippen LogP contribution in [-0.2, 0) is 5.60 Å².